The number of para-hydroxylation sites is 2. The molecule has 0 fully saturated rings. The molecule has 5 heteroatoms. The van der Waals surface area contributed by atoms with Crippen molar-refractivity contribution in [2.75, 3.05) is 11.5 Å². The van der Waals surface area contributed by atoms with Crippen LogP contribution in [0.15, 0.2) is 76.5 Å². The second-order valence-corrected chi connectivity index (χ2v) is 7.74. The Bertz CT molecular complexity index is 1030. The third kappa shape index (κ3) is 3.41. The zero-order chi connectivity index (χ0) is 19.7. The van der Waals surface area contributed by atoms with Crippen LogP contribution in [0.4, 0.5) is 11.4 Å². The fraction of sp³-hybridized carbons (Fsp3) is 0.130. The second-order valence-electron chi connectivity index (χ2n) is 6.66. The van der Waals surface area contributed by atoms with Crippen LogP contribution in [-0.4, -0.2) is 18.5 Å². The van der Waals surface area contributed by atoms with E-state index in [0.29, 0.717) is 5.56 Å². The van der Waals surface area contributed by atoms with Crippen LogP contribution in [-0.2, 0) is 9.53 Å². The molecule has 1 aliphatic heterocycles. The molecule has 0 unspecified atom stereocenters. The van der Waals surface area contributed by atoms with E-state index >= 15 is 0 Å². The highest BCUT2D eigenvalue weighted by molar-refractivity contribution is 7.99. The summed E-state index contributed by atoms with van der Waals surface area (Å²) in [4.78, 5) is 29.1. The first kappa shape index (κ1) is 18.3. The number of esters is 1. The minimum absolute atomic E-state index is 0.279. The molecule has 1 amide bonds. The quantitative estimate of drug-likeness (QED) is 0.571. The van der Waals surface area contributed by atoms with Gasteiger partial charge in [0.15, 0.2) is 6.61 Å². The molecule has 0 aliphatic carbocycles. The van der Waals surface area contributed by atoms with Gasteiger partial charge in [-0.2, -0.15) is 0 Å². The van der Waals surface area contributed by atoms with E-state index in [4.69, 9.17) is 4.74 Å². The number of aryl methyl sites for hydroxylation is 2. The molecule has 0 atom stereocenters. The first-order chi connectivity index (χ1) is 13.5. The van der Waals surface area contributed by atoms with E-state index in [1.54, 1.807) is 22.7 Å². The summed E-state index contributed by atoms with van der Waals surface area (Å²) in [6, 6.07) is 21.0. The predicted molar refractivity (Wildman–Crippen MR) is 110 cm³/mol. The standard InChI is InChI=1S/C23H19NO3S/c1-15-11-12-17(16(2)13-15)23(26)27-14-22(25)24-18-7-3-5-9-20(18)28-21-10-6-4-8-19(21)24/h3-13H,14H2,1-2H3. The van der Waals surface area contributed by atoms with Gasteiger partial charge in [-0.05, 0) is 49.7 Å². The zero-order valence-electron chi connectivity index (χ0n) is 15.6. The molecule has 4 nitrogen and oxygen atoms in total. The van der Waals surface area contributed by atoms with Gasteiger partial charge in [-0.15, -0.1) is 0 Å². The molecule has 28 heavy (non-hydrogen) atoms. The van der Waals surface area contributed by atoms with Gasteiger partial charge in [-0.1, -0.05) is 53.7 Å². The number of fused-ring (bicyclic) bond motifs is 2. The SMILES string of the molecule is Cc1ccc(C(=O)OCC(=O)N2c3ccccc3Sc3ccccc32)c(C)c1. The van der Waals surface area contributed by atoms with Crippen LogP contribution in [0.5, 0.6) is 0 Å². The van der Waals surface area contributed by atoms with Crippen molar-refractivity contribution in [1.29, 1.82) is 0 Å². The van der Waals surface area contributed by atoms with Crippen LogP contribution < -0.4 is 4.90 Å². The lowest BCUT2D eigenvalue weighted by Crippen LogP contribution is -2.32. The van der Waals surface area contributed by atoms with Gasteiger partial charge in [-0.25, -0.2) is 4.79 Å². The fourth-order valence-corrected chi connectivity index (χ4v) is 4.34. The van der Waals surface area contributed by atoms with E-state index in [0.717, 1.165) is 32.3 Å². The topological polar surface area (TPSA) is 46.6 Å². The number of benzene rings is 3. The molecular formula is C23H19NO3S. The third-order valence-corrected chi connectivity index (χ3v) is 5.74. The van der Waals surface area contributed by atoms with Crippen LogP contribution in [0, 0.1) is 13.8 Å². The number of carbonyl (C=O) groups excluding carboxylic acids is 2. The van der Waals surface area contributed by atoms with Gasteiger partial charge >= 0.3 is 5.97 Å². The maximum atomic E-state index is 13.0. The molecule has 1 aliphatic rings. The Morgan fingerprint density at radius 1 is 0.893 bits per heavy atom. The van der Waals surface area contributed by atoms with E-state index in [9.17, 15) is 9.59 Å². The van der Waals surface area contributed by atoms with E-state index in [2.05, 4.69) is 0 Å². The lowest BCUT2D eigenvalue weighted by molar-refractivity contribution is -0.121. The molecule has 0 N–H and O–H groups in total. The van der Waals surface area contributed by atoms with Gasteiger partial charge in [0.05, 0.1) is 16.9 Å². The van der Waals surface area contributed by atoms with E-state index in [-0.39, 0.29) is 12.5 Å². The number of rotatable bonds is 3. The highest BCUT2D eigenvalue weighted by Crippen LogP contribution is 2.47. The maximum Gasteiger partial charge on any atom is 0.338 e. The van der Waals surface area contributed by atoms with E-state index in [1.807, 2.05) is 74.5 Å². The Hall–Kier alpha value is -3.05. The van der Waals surface area contributed by atoms with Crippen molar-refractivity contribution in [2.45, 2.75) is 23.6 Å². The normalized spacial score (nSPS) is 12.1. The van der Waals surface area contributed by atoms with Crippen LogP contribution in [0.3, 0.4) is 0 Å². The monoisotopic (exact) mass is 389 g/mol. The molecule has 0 spiro atoms. The number of hydrogen-bond donors (Lipinski definition) is 0. The minimum atomic E-state index is -0.487. The summed E-state index contributed by atoms with van der Waals surface area (Å²) in [5, 5.41) is 0. The number of ether oxygens (including phenoxy) is 1. The van der Waals surface area contributed by atoms with Crippen molar-refractivity contribution in [2.24, 2.45) is 0 Å². The van der Waals surface area contributed by atoms with Crippen molar-refractivity contribution in [3.05, 3.63) is 83.4 Å². The summed E-state index contributed by atoms with van der Waals surface area (Å²) in [5.41, 5.74) is 4.00. The summed E-state index contributed by atoms with van der Waals surface area (Å²) in [6.07, 6.45) is 0. The Morgan fingerprint density at radius 2 is 1.50 bits per heavy atom. The summed E-state index contributed by atoms with van der Waals surface area (Å²) >= 11 is 1.63. The fourth-order valence-electron chi connectivity index (χ4n) is 3.29. The summed E-state index contributed by atoms with van der Waals surface area (Å²) in [6.45, 7) is 3.51. The van der Waals surface area contributed by atoms with Gasteiger partial charge < -0.3 is 4.74 Å². The smallest absolute Gasteiger partial charge is 0.338 e. The highest BCUT2D eigenvalue weighted by Gasteiger charge is 2.28. The molecule has 0 radical (unpaired) electrons. The first-order valence-electron chi connectivity index (χ1n) is 8.98. The van der Waals surface area contributed by atoms with Gasteiger partial charge in [0.2, 0.25) is 0 Å². The lowest BCUT2D eigenvalue weighted by Gasteiger charge is -2.30. The molecule has 4 rings (SSSR count). The zero-order valence-corrected chi connectivity index (χ0v) is 16.5. The van der Waals surface area contributed by atoms with Crippen LogP contribution in [0.1, 0.15) is 21.5 Å². The average Bonchev–Trinajstić information content (AvgIpc) is 2.70. The number of carbonyl (C=O) groups is 2. The molecular weight excluding hydrogens is 370 g/mol. The van der Waals surface area contributed by atoms with Gasteiger partial charge in [0.25, 0.3) is 5.91 Å². The Kier molecular flexibility index (Phi) is 4.92. The summed E-state index contributed by atoms with van der Waals surface area (Å²) in [5.74, 6) is -0.767. The molecule has 3 aromatic carbocycles. The number of nitrogens with zero attached hydrogens (tertiary/aromatic N) is 1. The Morgan fingerprint density at radius 3 is 2.11 bits per heavy atom. The average molecular weight is 389 g/mol. The second kappa shape index (κ2) is 7.52. The highest BCUT2D eigenvalue weighted by atomic mass is 32.2. The van der Waals surface area contributed by atoms with Crippen LogP contribution in [0.25, 0.3) is 0 Å². The number of amides is 1. The van der Waals surface area contributed by atoms with Crippen molar-refractivity contribution in [3.8, 4) is 0 Å². The molecule has 3 aromatic rings. The predicted octanol–water partition coefficient (Wildman–Crippen LogP) is 5.29. The largest absolute Gasteiger partial charge is 0.452 e. The summed E-state index contributed by atoms with van der Waals surface area (Å²) in [7, 11) is 0. The minimum Gasteiger partial charge on any atom is -0.452 e. The maximum absolute atomic E-state index is 13.0. The van der Waals surface area contributed by atoms with Crippen molar-refractivity contribution in [3.63, 3.8) is 0 Å². The third-order valence-electron chi connectivity index (χ3n) is 4.61. The molecule has 1 heterocycles. The Balaban J connectivity index is 1.58. The molecule has 0 aromatic heterocycles. The van der Waals surface area contributed by atoms with Crippen molar-refractivity contribution in [1.82, 2.24) is 0 Å². The van der Waals surface area contributed by atoms with E-state index < -0.39 is 5.97 Å². The van der Waals surface area contributed by atoms with Crippen molar-refractivity contribution >= 4 is 35.0 Å². The van der Waals surface area contributed by atoms with E-state index in [1.165, 1.54) is 0 Å². The number of anilines is 2. The molecule has 0 bridgehead atoms. The van der Waals surface area contributed by atoms with Gasteiger partial charge in [-0.3, -0.25) is 9.69 Å². The van der Waals surface area contributed by atoms with Gasteiger partial charge in [0, 0.05) is 9.79 Å². The molecule has 0 saturated carbocycles. The summed E-state index contributed by atoms with van der Waals surface area (Å²) < 4.78 is 5.36. The van der Waals surface area contributed by atoms with Crippen LogP contribution in [0.2, 0.25) is 0 Å². The lowest BCUT2D eigenvalue weighted by atomic mass is 10.1. The molecule has 140 valence electrons. The Labute approximate surface area is 168 Å². The van der Waals surface area contributed by atoms with Gasteiger partial charge in [0.1, 0.15) is 0 Å². The number of hydrogen-bond acceptors (Lipinski definition) is 4. The van der Waals surface area contributed by atoms with Crippen molar-refractivity contribution < 1.29 is 14.3 Å². The molecule has 0 saturated heterocycles. The first-order valence-corrected chi connectivity index (χ1v) is 9.79. The van der Waals surface area contributed by atoms with Crippen LogP contribution >= 0.6 is 11.8 Å².